The Morgan fingerprint density at radius 1 is 1.58 bits per heavy atom. The number of hydrogen-bond acceptors (Lipinski definition) is 3. The maximum atomic E-state index is 10.9. The summed E-state index contributed by atoms with van der Waals surface area (Å²) in [5, 5.41) is 13.4. The fourth-order valence-corrected chi connectivity index (χ4v) is 1.28. The summed E-state index contributed by atoms with van der Waals surface area (Å²) in [5.74, 6) is -0.630. The average Bonchev–Trinajstić information content (AvgIpc) is 2.35. The topological polar surface area (TPSA) is 104 Å². The molecule has 0 spiro atoms. The molecular formula is C6H11N3O3. The predicted octanol–water partition coefficient (Wildman–Crippen LogP) is -1.53. The summed E-state index contributed by atoms with van der Waals surface area (Å²) in [5.41, 5.74) is 3.97. The van der Waals surface area contributed by atoms with Crippen molar-refractivity contribution in [3.8, 4) is 0 Å². The third-order valence-electron chi connectivity index (χ3n) is 1.97. The van der Waals surface area contributed by atoms with Gasteiger partial charge in [-0.05, 0) is 13.0 Å². The van der Waals surface area contributed by atoms with E-state index >= 15 is 0 Å². The number of carbonyl (C=O) groups excluding carboxylic acids is 1. The van der Waals surface area contributed by atoms with E-state index in [-0.39, 0.29) is 6.54 Å². The van der Waals surface area contributed by atoms with Gasteiger partial charge in [-0.1, -0.05) is 0 Å². The fourth-order valence-electron chi connectivity index (χ4n) is 1.28. The van der Waals surface area contributed by atoms with Gasteiger partial charge in [0.05, 0.1) is 0 Å². The van der Waals surface area contributed by atoms with Crippen LogP contribution < -0.4 is 16.4 Å². The van der Waals surface area contributed by atoms with Crippen molar-refractivity contribution in [2.24, 2.45) is 5.73 Å². The number of hydrogen-bond donors (Lipinski definition) is 4. The molecule has 1 atom stereocenters. The van der Waals surface area contributed by atoms with Gasteiger partial charge in [0.15, 0.2) is 0 Å². The zero-order valence-electron chi connectivity index (χ0n) is 6.46. The van der Waals surface area contributed by atoms with Crippen molar-refractivity contribution in [1.82, 2.24) is 10.6 Å². The quantitative estimate of drug-likeness (QED) is 0.406. The van der Waals surface area contributed by atoms with Gasteiger partial charge in [0.25, 0.3) is 0 Å². The summed E-state index contributed by atoms with van der Waals surface area (Å²) < 4.78 is 0. The van der Waals surface area contributed by atoms with Crippen molar-refractivity contribution in [3.05, 3.63) is 0 Å². The lowest BCUT2D eigenvalue weighted by molar-refractivity contribution is -0.123. The minimum Gasteiger partial charge on any atom is -0.465 e. The zero-order chi connectivity index (χ0) is 9.19. The average molecular weight is 173 g/mol. The molecule has 6 heteroatoms. The molecule has 0 saturated carbocycles. The highest BCUT2D eigenvalue weighted by molar-refractivity contribution is 5.89. The normalized spacial score (nSPS) is 28.3. The zero-order valence-corrected chi connectivity index (χ0v) is 6.46. The van der Waals surface area contributed by atoms with E-state index in [0.29, 0.717) is 13.0 Å². The smallest absolute Gasteiger partial charge is 0.405 e. The van der Waals surface area contributed by atoms with E-state index in [0.717, 1.165) is 0 Å². The molecule has 0 bridgehead atoms. The van der Waals surface area contributed by atoms with Gasteiger partial charge in [-0.3, -0.25) is 4.79 Å². The molecule has 12 heavy (non-hydrogen) atoms. The molecule has 0 aliphatic carbocycles. The summed E-state index contributed by atoms with van der Waals surface area (Å²) in [6.45, 7) is 0.873. The standard InChI is InChI=1S/C6H11N3O3/c7-4(10)6(9-5(11)12)1-2-8-3-6/h8-9H,1-3H2,(H2,7,10)(H,11,12). The molecule has 0 aromatic heterocycles. The first-order valence-electron chi connectivity index (χ1n) is 3.58. The summed E-state index contributed by atoms with van der Waals surface area (Å²) in [6, 6.07) is 0. The molecule has 1 aliphatic heterocycles. The van der Waals surface area contributed by atoms with Crippen LogP contribution in [0, 0.1) is 0 Å². The number of carbonyl (C=O) groups is 2. The first-order valence-corrected chi connectivity index (χ1v) is 3.58. The maximum absolute atomic E-state index is 10.9. The van der Waals surface area contributed by atoms with E-state index < -0.39 is 17.5 Å². The van der Waals surface area contributed by atoms with Crippen molar-refractivity contribution >= 4 is 12.0 Å². The molecule has 0 aromatic rings. The lowest BCUT2D eigenvalue weighted by Crippen LogP contribution is -2.58. The van der Waals surface area contributed by atoms with Crippen LogP contribution in [0.3, 0.4) is 0 Å². The third-order valence-corrected chi connectivity index (χ3v) is 1.97. The molecular weight excluding hydrogens is 162 g/mol. The molecule has 68 valence electrons. The van der Waals surface area contributed by atoms with Crippen molar-refractivity contribution in [1.29, 1.82) is 0 Å². The minimum atomic E-state index is -1.22. The Morgan fingerprint density at radius 2 is 2.25 bits per heavy atom. The Balaban J connectivity index is 2.72. The van der Waals surface area contributed by atoms with E-state index in [1.165, 1.54) is 0 Å². The molecule has 1 aliphatic rings. The van der Waals surface area contributed by atoms with Crippen LogP contribution in [0.2, 0.25) is 0 Å². The number of amides is 2. The van der Waals surface area contributed by atoms with Crippen LogP contribution in [0.25, 0.3) is 0 Å². The first kappa shape index (κ1) is 8.79. The highest BCUT2D eigenvalue weighted by Crippen LogP contribution is 2.13. The van der Waals surface area contributed by atoms with E-state index in [9.17, 15) is 9.59 Å². The number of nitrogens with two attached hydrogens (primary N) is 1. The second kappa shape index (κ2) is 2.98. The summed E-state index contributed by atoms with van der Waals surface area (Å²) >= 11 is 0. The number of rotatable bonds is 2. The predicted molar refractivity (Wildman–Crippen MR) is 40.6 cm³/mol. The van der Waals surface area contributed by atoms with E-state index in [2.05, 4.69) is 10.6 Å². The van der Waals surface area contributed by atoms with Gasteiger partial charge < -0.3 is 21.5 Å². The van der Waals surface area contributed by atoms with Gasteiger partial charge in [0, 0.05) is 6.54 Å². The van der Waals surface area contributed by atoms with Gasteiger partial charge in [-0.25, -0.2) is 4.79 Å². The minimum absolute atomic E-state index is 0.272. The first-order chi connectivity index (χ1) is 5.57. The number of nitrogens with one attached hydrogen (secondary N) is 2. The Hall–Kier alpha value is -1.30. The Bertz CT molecular complexity index is 210. The summed E-state index contributed by atoms with van der Waals surface area (Å²) in [4.78, 5) is 21.2. The SMILES string of the molecule is NC(=O)C1(NC(=O)O)CCNC1. The lowest BCUT2D eigenvalue weighted by Gasteiger charge is -2.23. The van der Waals surface area contributed by atoms with Crippen LogP contribution in [0.1, 0.15) is 6.42 Å². The summed E-state index contributed by atoms with van der Waals surface area (Å²) in [7, 11) is 0. The molecule has 1 saturated heterocycles. The molecule has 1 heterocycles. The molecule has 1 rings (SSSR count). The van der Waals surface area contributed by atoms with Crippen LogP contribution in [-0.2, 0) is 4.79 Å². The molecule has 1 unspecified atom stereocenters. The van der Waals surface area contributed by atoms with Gasteiger partial charge in [-0.2, -0.15) is 0 Å². The van der Waals surface area contributed by atoms with Crippen molar-refractivity contribution in [2.45, 2.75) is 12.0 Å². The van der Waals surface area contributed by atoms with Crippen molar-refractivity contribution < 1.29 is 14.7 Å². The second-order valence-corrected chi connectivity index (χ2v) is 2.80. The molecule has 1 fully saturated rings. The van der Waals surface area contributed by atoms with Gasteiger partial charge in [0.1, 0.15) is 5.54 Å². The van der Waals surface area contributed by atoms with Crippen LogP contribution in [-0.4, -0.2) is 35.7 Å². The maximum Gasteiger partial charge on any atom is 0.405 e. The third kappa shape index (κ3) is 1.48. The fraction of sp³-hybridized carbons (Fsp3) is 0.667. The monoisotopic (exact) mass is 173 g/mol. The Kier molecular flexibility index (Phi) is 2.18. The molecule has 2 amide bonds. The van der Waals surface area contributed by atoms with Crippen LogP contribution in [0.5, 0.6) is 0 Å². The second-order valence-electron chi connectivity index (χ2n) is 2.80. The largest absolute Gasteiger partial charge is 0.465 e. The molecule has 6 nitrogen and oxygen atoms in total. The highest BCUT2D eigenvalue weighted by atomic mass is 16.4. The van der Waals surface area contributed by atoms with Crippen LogP contribution in [0.15, 0.2) is 0 Å². The van der Waals surface area contributed by atoms with Gasteiger partial charge >= 0.3 is 6.09 Å². The van der Waals surface area contributed by atoms with E-state index in [1.807, 2.05) is 0 Å². The summed E-state index contributed by atoms with van der Waals surface area (Å²) in [6.07, 6.45) is -0.813. The number of primary amides is 1. The number of carboxylic acid groups (broad SMARTS) is 1. The van der Waals surface area contributed by atoms with E-state index in [1.54, 1.807) is 0 Å². The van der Waals surface area contributed by atoms with Crippen molar-refractivity contribution in [2.75, 3.05) is 13.1 Å². The van der Waals surface area contributed by atoms with E-state index in [4.69, 9.17) is 10.8 Å². The molecule has 0 radical (unpaired) electrons. The highest BCUT2D eigenvalue weighted by Gasteiger charge is 2.41. The van der Waals surface area contributed by atoms with Crippen LogP contribution >= 0.6 is 0 Å². The Labute approximate surface area is 69.1 Å². The lowest BCUT2D eigenvalue weighted by atomic mass is 9.98. The molecule has 5 N–H and O–H groups in total. The van der Waals surface area contributed by atoms with Crippen molar-refractivity contribution in [3.63, 3.8) is 0 Å². The Morgan fingerprint density at radius 3 is 2.58 bits per heavy atom. The van der Waals surface area contributed by atoms with Crippen LogP contribution in [0.4, 0.5) is 4.79 Å². The molecule has 0 aromatic carbocycles. The van der Waals surface area contributed by atoms with Gasteiger partial charge in [-0.15, -0.1) is 0 Å². The van der Waals surface area contributed by atoms with Gasteiger partial charge in [0.2, 0.25) is 5.91 Å².